The quantitative estimate of drug-likeness (QED) is 0.674. The predicted molar refractivity (Wildman–Crippen MR) is 86.2 cm³/mol. The molecule has 0 saturated heterocycles. The summed E-state index contributed by atoms with van der Waals surface area (Å²) in [5.74, 6) is 5.71. The van der Waals surface area contributed by atoms with E-state index < -0.39 is 0 Å². The Morgan fingerprint density at radius 2 is 1.81 bits per heavy atom. The summed E-state index contributed by atoms with van der Waals surface area (Å²) < 4.78 is 0. The van der Waals surface area contributed by atoms with E-state index in [1.54, 1.807) is 12.1 Å². The molecule has 1 amide bonds. The number of benzene rings is 2. The number of thioether (sulfide) groups is 1. The monoisotopic (exact) mass is 297 g/mol. The van der Waals surface area contributed by atoms with Crippen LogP contribution in [0.1, 0.15) is 5.56 Å². The smallest absolute Gasteiger partial charge is 0.234 e. The van der Waals surface area contributed by atoms with Gasteiger partial charge in [0.2, 0.25) is 5.91 Å². The van der Waals surface area contributed by atoms with Crippen molar-refractivity contribution in [3.05, 3.63) is 60.2 Å². The molecule has 0 aliphatic carbocycles. The lowest BCUT2D eigenvalue weighted by Crippen LogP contribution is -2.13. The first-order valence-electron chi connectivity index (χ1n) is 6.45. The Morgan fingerprint density at radius 3 is 2.48 bits per heavy atom. The number of rotatable bonds is 4. The fourth-order valence-corrected chi connectivity index (χ4v) is 2.36. The second-order valence-electron chi connectivity index (χ2n) is 4.19. The van der Waals surface area contributed by atoms with Gasteiger partial charge in [-0.2, -0.15) is 0 Å². The number of carbonyl (C=O) groups excluding carboxylic acids is 1. The molecule has 2 rings (SSSR count). The highest BCUT2D eigenvalue weighted by Gasteiger charge is 2.03. The van der Waals surface area contributed by atoms with Crippen LogP contribution < -0.4 is 5.32 Å². The van der Waals surface area contributed by atoms with Gasteiger partial charge in [-0.25, -0.2) is 0 Å². The molecule has 0 aromatic heterocycles. The van der Waals surface area contributed by atoms with Crippen molar-refractivity contribution in [3.8, 4) is 11.8 Å². The van der Waals surface area contributed by atoms with Crippen LogP contribution in [0.3, 0.4) is 0 Å². The van der Waals surface area contributed by atoms with Crippen molar-refractivity contribution < 1.29 is 9.90 Å². The van der Waals surface area contributed by atoms with Gasteiger partial charge in [-0.3, -0.25) is 4.79 Å². The predicted octanol–water partition coefficient (Wildman–Crippen LogP) is 2.76. The molecule has 0 bridgehead atoms. The van der Waals surface area contributed by atoms with Crippen LogP contribution in [0, 0.1) is 11.8 Å². The van der Waals surface area contributed by atoms with Crippen molar-refractivity contribution >= 4 is 23.4 Å². The third-order valence-corrected chi connectivity index (χ3v) is 3.61. The van der Waals surface area contributed by atoms with Gasteiger partial charge < -0.3 is 10.4 Å². The second-order valence-corrected chi connectivity index (χ2v) is 5.24. The van der Waals surface area contributed by atoms with Crippen molar-refractivity contribution in [2.24, 2.45) is 0 Å². The molecule has 106 valence electrons. The molecular formula is C17H15NO2S. The van der Waals surface area contributed by atoms with Crippen LogP contribution in [-0.2, 0) is 4.79 Å². The summed E-state index contributed by atoms with van der Waals surface area (Å²) in [5, 5.41) is 11.5. The minimum absolute atomic E-state index is 0.0435. The maximum absolute atomic E-state index is 11.8. The molecule has 0 spiro atoms. The maximum Gasteiger partial charge on any atom is 0.234 e. The van der Waals surface area contributed by atoms with E-state index in [9.17, 15) is 4.79 Å². The first kappa shape index (κ1) is 15.2. The van der Waals surface area contributed by atoms with E-state index in [0.29, 0.717) is 5.75 Å². The number of hydrogen-bond acceptors (Lipinski definition) is 3. The standard InChI is InChI=1S/C17H15NO2S/c19-12-4-5-14-8-10-15(11-9-14)18-17(20)13-21-16-6-2-1-3-7-16/h1-3,6-11,19H,12-13H2,(H,18,20). The van der Waals surface area contributed by atoms with Crippen LogP contribution in [-0.4, -0.2) is 23.4 Å². The molecule has 0 radical (unpaired) electrons. The summed E-state index contributed by atoms with van der Waals surface area (Å²) in [4.78, 5) is 12.9. The summed E-state index contributed by atoms with van der Waals surface area (Å²) >= 11 is 1.50. The topological polar surface area (TPSA) is 49.3 Å². The summed E-state index contributed by atoms with van der Waals surface area (Å²) in [6, 6.07) is 17.0. The molecule has 0 unspecified atom stereocenters. The zero-order chi connectivity index (χ0) is 14.9. The third kappa shape index (κ3) is 5.35. The first-order chi connectivity index (χ1) is 10.3. The van der Waals surface area contributed by atoms with Crippen molar-refractivity contribution in [3.63, 3.8) is 0 Å². The molecule has 2 aromatic rings. The fraction of sp³-hybridized carbons (Fsp3) is 0.118. The zero-order valence-electron chi connectivity index (χ0n) is 11.4. The highest BCUT2D eigenvalue weighted by molar-refractivity contribution is 8.00. The Labute approximate surface area is 128 Å². The molecule has 0 saturated carbocycles. The highest BCUT2D eigenvalue weighted by atomic mass is 32.2. The van der Waals surface area contributed by atoms with Gasteiger partial charge in [0, 0.05) is 16.1 Å². The molecule has 2 aromatic carbocycles. The molecule has 0 aliphatic rings. The van der Waals surface area contributed by atoms with Gasteiger partial charge in [0.1, 0.15) is 6.61 Å². The Kier molecular flexibility index (Phi) is 5.89. The van der Waals surface area contributed by atoms with E-state index in [1.807, 2.05) is 42.5 Å². The van der Waals surface area contributed by atoms with Crippen molar-refractivity contribution in [1.29, 1.82) is 0 Å². The van der Waals surface area contributed by atoms with Gasteiger partial charge in [-0.1, -0.05) is 30.0 Å². The molecule has 21 heavy (non-hydrogen) atoms. The summed E-state index contributed by atoms with van der Waals surface area (Å²) in [7, 11) is 0. The lowest BCUT2D eigenvalue weighted by atomic mass is 10.2. The Balaban J connectivity index is 1.85. The lowest BCUT2D eigenvalue weighted by Gasteiger charge is -2.05. The maximum atomic E-state index is 11.8. The van der Waals surface area contributed by atoms with Gasteiger partial charge in [0.05, 0.1) is 5.75 Å². The number of aliphatic hydroxyl groups is 1. The van der Waals surface area contributed by atoms with Crippen LogP contribution in [0.25, 0.3) is 0 Å². The minimum Gasteiger partial charge on any atom is -0.384 e. The van der Waals surface area contributed by atoms with Crippen LogP contribution in [0.15, 0.2) is 59.5 Å². The number of hydrogen-bond donors (Lipinski definition) is 2. The van der Waals surface area contributed by atoms with Gasteiger partial charge in [-0.05, 0) is 36.4 Å². The van der Waals surface area contributed by atoms with Crippen LogP contribution >= 0.6 is 11.8 Å². The molecule has 3 nitrogen and oxygen atoms in total. The average molecular weight is 297 g/mol. The SMILES string of the molecule is O=C(CSc1ccccc1)Nc1ccc(C#CCO)cc1. The number of amides is 1. The minimum atomic E-state index is -0.158. The highest BCUT2D eigenvalue weighted by Crippen LogP contribution is 2.17. The van der Waals surface area contributed by atoms with E-state index in [-0.39, 0.29) is 12.5 Å². The van der Waals surface area contributed by atoms with Gasteiger partial charge >= 0.3 is 0 Å². The lowest BCUT2D eigenvalue weighted by molar-refractivity contribution is -0.113. The van der Waals surface area contributed by atoms with E-state index in [1.165, 1.54) is 11.8 Å². The van der Waals surface area contributed by atoms with Crippen LogP contribution in [0.5, 0.6) is 0 Å². The largest absolute Gasteiger partial charge is 0.384 e. The van der Waals surface area contributed by atoms with E-state index >= 15 is 0 Å². The summed E-state index contributed by atoms with van der Waals surface area (Å²) in [5.41, 5.74) is 1.55. The summed E-state index contributed by atoms with van der Waals surface area (Å²) in [6.07, 6.45) is 0. The molecule has 0 fully saturated rings. The molecular weight excluding hydrogens is 282 g/mol. The second kappa shape index (κ2) is 8.15. The number of anilines is 1. The molecule has 0 heterocycles. The van der Waals surface area contributed by atoms with Crippen molar-refractivity contribution in [2.75, 3.05) is 17.7 Å². The van der Waals surface area contributed by atoms with Crippen LogP contribution in [0.4, 0.5) is 5.69 Å². The van der Waals surface area contributed by atoms with E-state index in [2.05, 4.69) is 17.2 Å². The van der Waals surface area contributed by atoms with Crippen molar-refractivity contribution in [1.82, 2.24) is 0 Å². The third-order valence-electron chi connectivity index (χ3n) is 2.59. The van der Waals surface area contributed by atoms with E-state index in [4.69, 9.17) is 5.11 Å². The van der Waals surface area contributed by atoms with E-state index in [0.717, 1.165) is 16.1 Å². The Bertz CT molecular complexity index is 642. The van der Waals surface area contributed by atoms with Gasteiger partial charge in [-0.15, -0.1) is 11.8 Å². The number of nitrogens with one attached hydrogen (secondary N) is 1. The Hall–Kier alpha value is -2.22. The number of carbonyl (C=O) groups is 1. The molecule has 2 N–H and O–H groups in total. The first-order valence-corrected chi connectivity index (χ1v) is 7.44. The molecule has 0 aliphatic heterocycles. The Morgan fingerprint density at radius 1 is 1.10 bits per heavy atom. The normalized spacial score (nSPS) is 9.57. The average Bonchev–Trinajstić information content (AvgIpc) is 2.53. The van der Waals surface area contributed by atoms with Gasteiger partial charge in [0.15, 0.2) is 0 Å². The number of aliphatic hydroxyl groups excluding tert-OH is 1. The molecule has 0 atom stereocenters. The molecule has 4 heteroatoms. The van der Waals surface area contributed by atoms with Gasteiger partial charge in [0.25, 0.3) is 0 Å². The fourth-order valence-electron chi connectivity index (χ4n) is 1.64. The van der Waals surface area contributed by atoms with Crippen LogP contribution in [0.2, 0.25) is 0 Å². The van der Waals surface area contributed by atoms with Crippen molar-refractivity contribution in [2.45, 2.75) is 4.90 Å². The zero-order valence-corrected chi connectivity index (χ0v) is 12.2. The summed E-state index contributed by atoms with van der Waals surface area (Å²) in [6.45, 7) is -0.158.